The van der Waals surface area contributed by atoms with Crippen LogP contribution in [0.3, 0.4) is 0 Å². The first kappa shape index (κ1) is 57.2. The first-order chi connectivity index (χ1) is 34.4. The number of terminal acetylenes is 1. The molecule has 8 saturated carbocycles. The number of aliphatic hydroxyl groups is 2. The number of benzene rings is 1. The number of rotatable bonds is 7. The maximum atomic E-state index is 13.6. The summed E-state index contributed by atoms with van der Waals surface area (Å²) >= 11 is 9.54. The molecule has 73 heavy (non-hydrogen) atoms. The van der Waals surface area contributed by atoms with Gasteiger partial charge in [-0.2, -0.15) is 15.0 Å². The van der Waals surface area contributed by atoms with Gasteiger partial charge >= 0.3 is 0 Å². The number of carbonyl (C=O) groups excluding carboxylic acids is 2. The van der Waals surface area contributed by atoms with Gasteiger partial charge in [0.2, 0.25) is 0 Å². The number of fused-ring (bicyclic) bond motifs is 11. The molecule has 1 aromatic carbocycles. The molecular formula is C64H85BrClN3O4. The average molecular weight is 1080 g/mol. The Morgan fingerprint density at radius 1 is 0.671 bits per heavy atom. The lowest BCUT2D eigenvalue weighted by Gasteiger charge is -2.59. The molecule has 2 unspecified atom stereocenters. The lowest BCUT2D eigenvalue weighted by Crippen LogP contribution is -2.53. The molecule has 8 fully saturated rings. The molecule has 1 heterocycles. The normalized spacial score (nSPS) is 40.2. The van der Waals surface area contributed by atoms with Crippen LogP contribution in [-0.2, 0) is 16.1 Å². The highest BCUT2D eigenvalue weighted by Gasteiger charge is 2.61. The van der Waals surface area contributed by atoms with E-state index in [0.717, 1.165) is 103 Å². The van der Waals surface area contributed by atoms with Gasteiger partial charge < -0.3 is 10.2 Å². The second kappa shape index (κ2) is 23.8. The van der Waals surface area contributed by atoms with Gasteiger partial charge in [-0.15, -0.1) is 6.42 Å². The van der Waals surface area contributed by atoms with Crippen LogP contribution in [0.15, 0.2) is 18.2 Å². The van der Waals surface area contributed by atoms with Crippen LogP contribution in [0.25, 0.3) is 11.0 Å². The molecule has 8 aliphatic rings. The number of carbonyl (C=O) groups is 2. The molecule has 394 valence electrons. The molecule has 10 rings (SSSR count). The van der Waals surface area contributed by atoms with Crippen molar-refractivity contribution >= 4 is 50.1 Å². The zero-order valence-electron chi connectivity index (χ0n) is 44.3. The molecule has 0 saturated heterocycles. The number of ketones is 2. The fourth-order valence-electron chi connectivity index (χ4n) is 18.5. The molecule has 8 aliphatic carbocycles. The van der Waals surface area contributed by atoms with Crippen LogP contribution in [0, 0.1) is 153 Å². The second-order valence-electron chi connectivity index (χ2n) is 24.9. The minimum absolute atomic E-state index is 0. The van der Waals surface area contributed by atoms with Crippen LogP contribution < -0.4 is 0 Å². The van der Waals surface area contributed by atoms with Gasteiger partial charge in [0.25, 0.3) is 0 Å². The Morgan fingerprint density at radius 3 is 1.63 bits per heavy atom. The van der Waals surface area contributed by atoms with Crippen LogP contribution in [0.2, 0.25) is 5.02 Å². The summed E-state index contributed by atoms with van der Waals surface area (Å²) in [7, 11) is 0. The smallest absolute Gasteiger partial charge is 0.159 e. The predicted molar refractivity (Wildman–Crippen MR) is 299 cm³/mol. The van der Waals surface area contributed by atoms with Crippen LogP contribution in [0.1, 0.15) is 171 Å². The Kier molecular flexibility index (Phi) is 18.6. The van der Waals surface area contributed by atoms with Gasteiger partial charge in [-0.05, 0) is 271 Å². The predicted octanol–water partition coefficient (Wildman–Crippen LogP) is 13.2. The molecule has 7 nitrogen and oxygen atoms in total. The zero-order chi connectivity index (χ0) is 51.6. The van der Waals surface area contributed by atoms with Crippen LogP contribution in [0.4, 0.5) is 0 Å². The number of nitrogens with zero attached hydrogens (tertiary/aromatic N) is 3. The summed E-state index contributed by atoms with van der Waals surface area (Å²) in [5.41, 5.74) is 0.948. The highest BCUT2D eigenvalue weighted by atomic mass is 79.9. The molecule has 0 amide bonds. The summed E-state index contributed by atoms with van der Waals surface area (Å²) in [6.45, 7) is 15.6. The van der Waals surface area contributed by atoms with E-state index in [1.165, 1.54) is 70.6 Å². The van der Waals surface area contributed by atoms with Gasteiger partial charge in [-0.1, -0.05) is 81.4 Å². The van der Waals surface area contributed by atoms with Crippen LogP contribution in [-0.4, -0.2) is 53.3 Å². The van der Waals surface area contributed by atoms with Crippen molar-refractivity contribution in [2.45, 2.75) is 189 Å². The number of hydrogen-bond acceptors (Lipinski definition) is 6. The lowest BCUT2D eigenvalue weighted by atomic mass is 9.47. The molecule has 2 aromatic rings. The quantitative estimate of drug-likeness (QED) is 0.211. The van der Waals surface area contributed by atoms with Crippen molar-refractivity contribution in [2.24, 2.45) is 93.7 Å². The zero-order valence-corrected chi connectivity index (χ0v) is 46.7. The van der Waals surface area contributed by atoms with Gasteiger partial charge in [-0.25, -0.2) is 0 Å². The summed E-state index contributed by atoms with van der Waals surface area (Å²) in [6.07, 6.45) is 26.0. The van der Waals surface area contributed by atoms with E-state index in [1.807, 2.05) is 18.2 Å². The number of aromatic nitrogens is 3. The summed E-state index contributed by atoms with van der Waals surface area (Å²) in [5, 5.41) is 31.9. The van der Waals surface area contributed by atoms with Crippen molar-refractivity contribution in [1.29, 1.82) is 0 Å². The van der Waals surface area contributed by atoms with Gasteiger partial charge in [0.15, 0.2) is 5.78 Å². The minimum atomic E-state index is -0.487. The number of alkyl halides is 1. The second-order valence-corrected chi connectivity index (χ2v) is 25.9. The Bertz CT molecular complexity index is 2600. The standard InChI is InChI=1S/C29H40ClN3O2.C23H37BrO2.C11H4.CH4/c1-4-17-14-28(2,35)15-18-5-7-20-21(27(17)18)11-12-29(3)22(20)8-9-23(29)26(34)16-33-31-24-10-6-19(30)13-25(24)32-33;1-4-14-11-22(2,26)12-15-5-6-16-17(21(14)15)9-10-23(3)18(16)7-8-19(23)20(25)13-24;1-3-5-7-9-11-10-8-6-4-2;/h6,10,13,17-18,20-23,27,35H,4-5,7-9,11-12,14-16H2,1-3H3;14-19,21,26H,4-13H2,1-3H3;1H,2H3;1H4/t17-,18-,20-,21+,22+,23-,27?,28-,29+;14-,15-,16-,17+,18+,19-,21?,22-,23+;;/m11../s1. The first-order valence-electron chi connectivity index (χ1n) is 27.8. The van der Waals surface area contributed by atoms with E-state index < -0.39 is 11.2 Å². The summed E-state index contributed by atoms with van der Waals surface area (Å²) in [4.78, 5) is 27.8. The van der Waals surface area contributed by atoms with Crippen molar-refractivity contribution in [3.63, 3.8) is 0 Å². The highest BCUT2D eigenvalue weighted by Crippen LogP contribution is 2.67. The Morgan fingerprint density at radius 2 is 1.15 bits per heavy atom. The molecule has 0 radical (unpaired) electrons. The fraction of sp³-hybridized carbons (Fsp3) is 0.719. The van der Waals surface area contributed by atoms with E-state index in [-0.39, 0.29) is 30.7 Å². The monoisotopic (exact) mass is 1070 g/mol. The average Bonchev–Trinajstić information content (AvgIpc) is 4.04. The van der Waals surface area contributed by atoms with Gasteiger partial charge in [0.1, 0.15) is 23.4 Å². The maximum Gasteiger partial charge on any atom is 0.159 e. The van der Waals surface area contributed by atoms with Gasteiger partial charge in [0, 0.05) is 16.9 Å². The fourth-order valence-corrected chi connectivity index (χ4v) is 19.0. The van der Waals surface area contributed by atoms with E-state index in [2.05, 4.69) is 121 Å². The third kappa shape index (κ3) is 11.9. The van der Waals surface area contributed by atoms with Gasteiger partial charge in [0.05, 0.1) is 16.5 Å². The molecule has 9 heteroatoms. The van der Waals surface area contributed by atoms with Gasteiger partial charge in [-0.3, -0.25) is 9.59 Å². The Balaban J connectivity index is 0.000000181. The third-order valence-corrected chi connectivity index (χ3v) is 21.7. The first-order valence-corrected chi connectivity index (χ1v) is 29.3. The molecule has 0 spiro atoms. The summed E-state index contributed by atoms with van der Waals surface area (Å²) in [5.74, 6) is 32.1. The van der Waals surface area contributed by atoms with Crippen molar-refractivity contribution in [3.8, 4) is 59.7 Å². The van der Waals surface area contributed by atoms with Crippen molar-refractivity contribution in [3.05, 3.63) is 23.2 Å². The molecule has 2 N–H and O–H groups in total. The molecule has 0 aliphatic heterocycles. The van der Waals surface area contributed by atoms with Crippen molar-refractivity contribution in [2.75, 3.05) is 5.33 Å². The lowest BCUT2D eigenvalue weighted by molar-refractivity contribution is -0.138. The third-order valence-electron chi connectivity index (χ3n) is 20.9. The van der Waals surface area contributed by atoms with E-state index in [0.29, 0.717) is 51.5 Å². The van der Waals surface area contributed by atoms with E-state index >= 15 is 0 Å². The van der Waals surface area contributed by atoms with Crippen molar-refractivity contribution in [1.82, 2.24) is 15.0 Å². The largest absolute Gasteiger partial charge is 0.390 e. The molecular weight excluding hydrogens is 990 g/mol. The van der Waals surface area contributed by atoms with E-state index in [9.17, 15) is 19.8 Å². The van der Waals surface area contributed by atoms with Crippen molar-refractivity contribution < 1.29 is 19.8 Å². The van der Waals surface area contributed by atoms with Crippen LogP contribution in [0.5, 0.6) is 0 Å². The molecule has 0 bridgehead atoms. The number of Topliss-reactive ketones (excluding diaryl/α,β-unsaturated/α-hetero) is 2. The summed E-state index contributed by atoms with van der Waals surface area (Å²) in [6, 6.07) is 5.49. The van der Waals surface area contributed by atoms with E-state index in [1.54, 1.807) is 11.7 Å². The Labute approximate surface area is 453 Å². The minimum Gasteiger partial charge on any atom is -0.390 e. The summed E-state index contributed by atoms with van der Waals surface area (Å²) < 4.78 is 0. The van der Waals surface area contributed by atoms with Crippen LogP contribution >= 0.6 is 27.5 Å². The molecule has 1 aromatic heterocycles. The maximum absolute atomic E-state index is 13.6. The SMILES string of the molecule is C.C#CC#CC#CC#CC#CC.CC[C@@H]1C[C@@](C)(O)C[C@H]2CC[C@@H]3[C@H](CC[C@]4(C)[C@@H](C(=O)CBr)CC[C@@H]34)C12.CC[C@@H]1C[C@@](C)(O)C[C@H]2CC[C@@H]3[C@H](CC[C@]4(C)[C@@H](C(=O)Cn5nc6ccc(Cl)cc6n5)CC[C@@H]34)C12. The Hall–Kier alpha value is -3.55. The molecule has 18 atom stereocenters. The highest BCUT2D eigenvalue weighted by molar-refractivity contribution is 9.09. The topological polar surface area (TPSA) is 105 Å². The van der Waals surface area contributed by atoms with E-state index in [4.69, 9.17) is 18.0 Å². The number of halogens is 2. The number of hydrogen-bond donors (Lipinski definition) is 2.